The molecule has 1 N–H and O–H groups in total. The molecule has 1 aromatic heterocycles. The first-order valence-electron chi connectivity index (χ1n) is 8.91. The minimum atomic E-state index is 0.625. The lowest BCUT2D eigenvalue weighted by atomic mass is 9.79. The molecular formula is C18H27N3. The molecule has 0 atom stereocenters. The molecule has 114 valence electrons. The molecule has 0 radical (unpaired) electrons. The van der Waals surface area contributed by atoms with Crippen LogP contribution in [-0.2, 0) is 13.0 Å². The van der Waals surface area contributed by atoms with Gasteiger partial charge in [0.1, 0.15) is 5.82 Å². The number of aromatic nitrogens is 2. The van der Waals surface area contributed by atoms with E-state index in [0.717, 1.165) is 31.3 Å². The molecule has 3 nitrogen and oxygen atoms in total. The van der Waals surface area contributed by atoms with E-state index >= 15 is 0 Å². The second-order valence-corrected chi connectivity index (χ2v) is 7.40. The van der Waals surface area contributed by atoms with Gasteiger partial charge in [-0.25, -0.2) is 9.97 Å². The number of nitrogens with zero attached hydrogens (tertiary/aromatic N) is 2. The molecule has 0 amide bonds. The van der Waals surface area contributed by atoms with Crippen LogP contribution in [0.2, 0.25) is 0 Å². The van der Waals surface area contributed by atoms with E-state index in [1.807, 2.05) is 0 Å². The molecule has 3 aliphatic rings. The Morgan fingerprint density at radius 3 is 2.48 bits per heavy atom. The predicted molar refractivity (Wildman–Crippen MR) is 84.4 cm³/mol. The summed E-state index contributed by atoms with van der Waals surface area (Å²) in [6.07, 6.45) is 10.4. The summed E-state index contributed by atoms with van der Waals surface area (Å²) in [6, 6.07) is 0. The van der Waals surface area contributed by atoms with Gasteiger partial charge in [-0.3, -0.25) is 0 Å². The van der Waals surface area contributed by atoms with Crippen LogP contribution in [0.25, 0.3) is 0 Å². The topological polar surface area (TPSA) is 37.8 Å². The minimum Gasteiger partial charge on any atom is -0.312 e. The van der Waals surface area contributed by atoms with Gasteiger partial charge in [-0.2, -0.15) is 0 Å². The Morgan fingerprint density at radius 2 is 1.76 bits per heavy atom. The molecule has 0 spiro atoms. The van der Waals surface area contributed by atoms with Crippen molar-refractivity contribution < 1.29 is 0 Å². The Hall–Kier alpha value is -0.960. The number of nitrogens with one attached hydrogen (secondary N) is 1. The smallest absolute Gasteiger partial charge is 0.131 e. The number of hydrogen-bond acceptors (Lipinski definition) is 3. The van der Waals surface area contributed by atoms with Crippen LogP contribution in [0.15, 0.2) is 0 Å². The minimum absolute atomic E-state index is 0.625. The van der Waals surface area contributed by atoms with Crippen LogP contribution in [0.5, 0.6) is 0 Å². The van der Waals surface area contributed by atoms with Gasteiger partial charge < -0.3 is 5.32 Å². The Bertz CT molecular complexity index is 513. The van der Waals surface area contributed by atoms with E-state index in [1.54, 1.807) is 0 Å². The highest BCUT2D eigenvalue weighted by molar-refractivity contribution is 5.32. The Morgan fingerprint density at radius 1 is 0.952 bits per heavy atom. The molecule has 21 heavy (non-hydrogen) atoms. The third kappa shape index (κ3) is 2.61. The molecule has 3 heteroatoms. The van der Waals surface area contributed by atoms with Crippen molar-refractivity contribution in [3.05, 3.63) is 22.8 Å². The van der Waals surface area contributed by atoms with E-state index in [2.05, 4.69) is 12.2 Å². The van der Waals surface area contributed by atoms with Crippen LogP contribution in [0.3, 0.4) is 0 Å². The summed E-state index contributed by atoms with van der Waals surface area (Å²) in [5.74, 6) is 3.43. The van der Waals surface area contributed by atoms with E-state index < -0.39 is 0 Å². The molecular weight excluding hydrogens is 258 g/mol. The Kier molecular flexibility index (Phi) is 3.70. The third-order valence-electron chi connectivity index (χ3n) is 5.86. The van der Waals surface area contributed by atoms with E-state index in [4.69, 9.17) is 9.97 Å². The Balaban J connectivity index is 1.67. The summed E-state index contributed by atoms with van der Waals surface area (Å²) in [5, 5.41) is 3.51. The zero-order valence-electron chi connectivity index (χ0n) is 13.2. The van der Waals surface area contributed by atoms with Crippen molar-refractivity contribution in [1.82, 2.24) is 15.3 Å². The second-order valence-electron chi connectivity index (χ2n) is 7.40. The quantitative estimate of drug-likeness (QED) is 0.900. The molecule has 0 aromatic carbocycles. The second kappa shape index (κ2) is 5.68. The Labute approximate surface area is 128 Å². The van der Waals surface area contributed by atoms with E-state index in [9.17, 15) is 0 Å². The lowest BCUT2D eigenvalue weighted by molar-refractivity contribution is 0.335. The van der Waals surface area contributed by atoms with Crippen molar-refractivity contribution in [3.63, 3.8) is 0 Å². The predicted octanol–water partition coefficient (Wildman–Crippen LogP) is 3.68. The maximum atomic E-state index is 5.11. The molecule has 2 aliphatic carbocycles. The standard InChI is InChI=1S/C18H27N3/c1-12-5-7-14(8-6-12)18-20-16-9-10-19-11-15(16)17(21-18)13-3-2-4-13/h12-14,19H,2-11H2,1H3. The molecule has 1 aliphatic heterocycles. The van der Waals surface area contributed by atoms with Crippen molar-refractivity contribution in [2.45, 2.75) is 76.7 Å². The fourth-order valence-corrected chi connectivity index (χ4v) is 4.11. The third-order valence-corrected chi connectivity index (χ3v) is 5.86. The molecule has 2 heterocycles. The molecule has 0 bridgehead atoms. The molecule has 0 unspecified atom stereocenters. The SMILES string of the molecule is CC1CCC(c2nc3c(c(C4CCC4)n2)CNCC3)CC1. The van der Waals surface area contributed by atoms with Crippen molar-refractivity contribution in [2.75, 3.05) is 6.54 Å². The van der Waals surface area contributed by atoms with E-state index in [0.29, 0.717) is 5.92 Å². The highest BCUT2D eigenvalue weighted by atomic mass is 15.0. The lowest BCUT2D eigenvalue weighted by Crippen LogP contribution is -2.29. The summed E-state index contributed by atoms with van der Waals surface area (Å²) in [4.78, 5) is 10.1. The van der Waals surface area contributed by atoms with Crippen molar-refractivity contribution in [3.8, 4) is 0 Å². The first-order valence-corrected chi connectivity index (χ1v) is 8.91. The fourth-order valence-electron chi connectivity index (χ4n) is 4.11. The first-order chi connectivity index (χ1) is 10.3. The van der Waals surface area contributed by atoms with Crippen molar-refractivity contribution >= 4 is 0 Å². The number of hydrogen-bond donors (Lipinski definition) is 1. The molecule has 2 fully saturated rings. The summed E-state index contributed by atoms with van der Waals surface area (Å²) in [7, 11) is 0. The number of rotatable bonds is 2. The van der Waals surface area contributed by atoms with Crippen LogP contribution in [0.1, 0.15) is 86.5 Å². The lowest BCUT2D eigenvalue weighted by Gasteiger charge is -2.32. The van der Waals surface area contributed by atoms with Gasteiger partial charge in [0.05, 0.1) is 11.4 Å². The van der Waals surface area contributed by atoms with Gasteiger partial charge in [0.15, 0.2) is 0 Å². The average molecular weight is 285 g/mol. The highest BCUT2D eigenvalue weighted by Crippen LogP contribution is 2.40. The fraction of sp³-hybridized carbons (Fsp3) is 0.778. The zero-order chi connectivity index (χ0) is 14.2. The zero-order valence-corrected chi connectivity index (χ0v) is 13.2. The molecule has 1 aromatic rings. The highest BCUT2D eigenvalue weighted by Gasteiger charge is 2.30. The van der Waals surface area contributed by atoms with Gasteiger partial charge in [-0.1, -0.05) is 26.2 Å². The van der Waals surface area contributed by atoms with Gasteiger partial charge in [0, 0.05) is 36.9 Å². The largest absolute Gasteiger partial charge is 0.312 e. The van der Waals surface area contributed by atoms with Gasteiger partial charge in [0.2, 0.25) is 0 Å². The van der Waals surface area contributed by atoms with E-state index in [-0.39, 0.29) is 0 Å². The van der Waals surface area contributed by atoms with Crippen molar-refractivity contribution in [1.29, 1.82) is 0 Å². The van der Waals surface area contributed by atoms with Gasteiger partial charge in [-0.15, -0.1) is 0 Å². The molecule has 4 rings (SSSR count). The van der Waals surface area contributed by atoms with Crippen molar-refractivity contribution in [2.24, 2.45) is 5.92 Å². The van der Waals surface area contributed by atoms with Crippen LogP contribution >= 0.6 is 0 Å². The van der Waals surface area contributed by atoms with Crippen LogP contribution < -0.4 is 5.32 Å². The average Bonchev–Trinajstić information content (AvgIpc) is 2.46. The number of fused-ring (bicyclic) bond motifs is 1. The molecule has 0 saturated heterocycles. The summed E-state index contributed by atoms with van der Waals surface area (Å²) >= 11 is 0. The van der Waals surface area contributed by atoms with Gasteiger partial charge in [0.25, 0.3) is 0 Å². The monoisotopic (exact) mass is 285 g/mol. The van der Waals surface area contributed by atoms with Crippen LogP contribution in [0, 0.1) is 5.92 Å². The first kappa shape index (κ1) is 13.7. The molecule has 2 saturated carbocycles. The summed E-state index contributed by atoms with van der Waals surface area (Å²) in [5.41, 5.74) is 4.21. The maximum Gasteiger partial charge on any atom is 0.131 e. The normalized spacial score (nSPS) is 29.8. The van der Waals surface area contributed by atoms with Crippen LogP contribution in [-0.4, -0.2) is 16.5 Å². The summed E-state index contributed by atoms with van der Waals surface area (Å²) in [6.45, 7) is 4.45. The summed E-state index contributed by atoms with van der Waals surface area (Å²) < 4.78 is 0. The van der Waals surface area contributed by atoms with Gasteiger partial charge >= 0.3 is 0 Å². The maximum absolute atomic E-state index is 5.11. The van der Waals surface area contributed by atoms with E-state index in [1.165, 1.54) is 67.7 Å². The van der Waals surface area contributed by atoms with Gasteiger partial charge in [-0.05, 0) is 31.6 Å². The van der Waals surface area contributed by atoms with Crippen LogP contribution in [0.4, 0.5) is 0 Å².